The molecule has 0 aliphatic rings. The monoisotopic (exact) mass is 404 g/mol. The highest BCUT2D eigenvalue weighted by Gasteiger charge is 2.19. The Bertz CT molecular complexity index is 625. The molecular formula is C25H40O4. The fraction of sp³-hybridized carbons (Fsp3) is 0.640. The molecule has 0 unspecified atom stereocenters. The van der Waals surface area contributed by atoms with E-state index in [1.165, 1.54) is 38.5 Å². The van der Waals surface area contributed by atoms with Gasteiger partial charge in [-0.25, -0.2) is 0 Å². The second-order valence-corrected chi connectivity index (χ2v) is 7.57. The van der Waals surface area contributed by atoms with Crippen molar-refractivity contribution < 1.29 is 19.1 Å². The number of carbonyl (C=O) groups excluding carboxylic acids is 1. The third-order valence-corrected chi connectivity index (χ3v) is 4.94. The van der Waals surface area contributed by atoms with E-state index >= 15 is 0 Å². The van der Waals surface area contributed by atoms with Gasteiger partial charge in [0.1, 0.15) is 11.5 Å². The molecular weight excluding hydrogens is 364 g/mol. The van der Waals surface area contributed by atoms with Gasteiger partial charge >= 0.3 is 5.97 Å². The lowest BCUT2D eigenvalue weighted by atomic mass is 10.1. The van der Waals surface area contributed by atoms with E-state index < -0.39 is 0 Å². The Morgan fingerprint density at radius 2 is 1.55 bits per heavy atom. The Morgan fingerprint density at radius 1 is 0.931 bits per heavy atom. The highest BCUT2D eigenvalue weighted by molar-refractivity contribution is 5.73. The average molecular weight is 405 g/mol. The first-order valence-electron chi connectivity index (χ1n) is 11.4. The molecule has 1 rings (SSSR count). The van der Waals surface area contributed by atoms with Crippen LogP contribution >= 0.6 is 0 Å². The zero-order valence-corrected chi connectivity index (χ0v) is 18.7. The lowest BCUT2D eigenvalue weighted by Crippen LogP contribution is -2.07. The van der Waals surface area contributed by atoms with Crippen molar-refractivity contribution in [2.24, 2.45) is 0 Å². The number of allylic oxidation sites excluding steroid dienone is 4. The van der Waals surface area contributed by atoms with Crippen LogP contribution in [0.3, 0.4) is 0 Å². The molecule has 0 radical (unpaired) electrons. The topological polar surface area (TPSA) is 59.7 Å². The van der Waals surface area contributed by atoms with Gasteiger partial charge in [0.05, 0.1) is 0 Å². The fourth-order valence-corrected chi connectivity index (χ4v) is 3.18. The molecule has 0 amide bonds. The van der Waals surface area contributed by atoms with Gasteiger partial charge in [0.15, 0.2) is 0 Å². The molecule has 0 aliphatic carbocycles. The summed E-state index contributed by atoms with van der Waals surface area (Å²) in [5.41, 5.74) is 0. The quantitative estimate of drug-likeness (QED) is 0.175. The average Bonchev–Trinajstić information content (AvgIpc) is 2.98. The molecule has 164 valence electrons. The predicted molar refractivity (Wildman–Crippen MR) is 119 cm³/mol. The van der Waals surface area contributed by atoms with Crippen molar-refractivity contribution in [1.29, 1.82) is 0 Å². The van der Waals surface area contributed by atoms with E-state index in [4.69, 9.17) is 9.15 Å². The van der Waals surface area contributed by atoms with Crippen LogP contribution in [0, 0.1) is 6.92 Å². The number of hydrogen-bond donors (Lipinski definition) is 1. The summed E-state index contributed by atoms with van der Waals surface area (Å²) in [4.78, 5) is 12.0. The number of carbonyl (C=O) groups is 1. The minimum atomic E-state index is -0.308. The van der Waals surface area contributed by atoms with Crippen LogP contribution < -0.4 is 4.74 Å². The number of aryl methyl sites for hydroxylation is 2. The lowest BCUT2D eigenvalue weighted by Gasteiger charge is -2.04. The van der Waals surface area contributed by atoms with Crippen molar-refractivity contribution in [2.75, 3.05) is 0 Å². The zero-order valence-electron chi connectivity index (χ0n) is 18.7. The van der Waals surface area contributed by atoms with E-state index in [1.54, 1.807) is 6.92 Å². The van der Waals surface area contributed by atoms with E-state index in [1.807, 2.05) is 6.92 Å². The van der Waals surface area contributed by atoms with E-state index in [2.05, 4.69) is 31.2 Å². The minimum Gasteiger partial charge on any atom is -0.502 e. The first-order valence-corrected chi connectivity index (χ1v) is 11.4. The molecule has 0 spiro atoms. The van der Waals surface area contributed by atoms with Gasteiger partial charge in [-0.3, -0.25) is 4.79 Å². The van der Waals surface area contributed by atoms with Gasteiger partial charge in [0, 0.05) is 12.8 Å². The first-order chi connectivity index (χ1) is 14.1. The molecule has 0 aromatic carbocycles. The summed E-state index contributed by atoms with van der Waals surface area (Å²) < 4.78 is 10.7. The molecule has 4 nitrogen and oxygen atoms in total. The molecule has 0 bridgehead atoms. The number of aromatic hydroxyl groups is 1. The van der Waals surface area contributed by atoms with Gasteiger partial charge in [0.2, 0.25) is 11.5 Å². The summed E-state index contributed by atoms with van der Waals surface area (Å²) in [7, 11) is 0. The number of rotatable bonds is 16. The maximum absolute atomic E-state index is 12.0. The number of ether oxygens (including phenoxy) is 1. The molecule has 1 aromatic heterocycles. The third-order valence-electron chi connectivity index (χ3n) is 4.94. The van der Waals surface area contributed by atoms with Crippen LogP contribution in [0.2, 0.25) is 0 Å². The minimum absolute atomic E-state index is 0.0432. The molecule has 0 aliphatic heterocycles. The van der Waals surface area contributed by atoms with Gasteiger partial charge in [-0.15, -0.1) is 0 Å². The summed E-state index contributed by atoms with van der Waals surface area (Å²) in [6.45, 7) is 5.81. The molecule has 0 saturated carbocycles. The third kappa shape index (κ3) is 11.0. The molecule has 1 aromatic rings. The van der Waals surface area contributed by atoms with Crippen molar-refractivity contribution in [3.05, 3.63) is 35.8 Å². The van der Waals surface area contributed by atoms with Crippen LogP contribution in [0.1, 0.15) is 102 Å². The number of unbranched alkanes of at least 4 members (excludes halogenated alkanes) is 8. The van der Waals surface area contributed by atoms with Gasteiger partial charge in [-0.1, -0.05) is 70.3 Å². The molecule has 29 heavy (non-hydrogen) atoms. The number of esters is 1. The normalized spacial score (nSPS) is 11.7. The molecule has 4 heteroatoms. The maximum atomic E-state index is 12.0. The Kier molecular flexibility index (Phi) is 13.7. The highest BCUT2D eigenvalue weighted by Crippen LogP contribution is 2.37. The maximum Gasteiger partial charge on any atom is 0.311 e. The SMILES string of the molecule is CCCCCC=CCC=CCCCCCCCC(=O)Oc1c(C)oc(CC)c1O. The Hall–Kier alpha value is -1.97. The molecule has 1 heterocycles. The first kappa shape index (κ1) is 25.1. The van der Waals surface area contributed by atoms with E-state index in [0.29, 0.717) is 24.4 Å². The van der Waals surface area contributed by atoms with E-state index in [9.17, 15) is 9.90 Å². The molecule has 0 saturated heterocycles. The summed E-state index contributed by atoms with van der Waals surface area (Å²) in [6, 6.07) is 0. The van der Waals surface area contributed by atoms with E-state index in [-0.39, 0.29) is 17.5 Å². The molecule has 0 fully saturated rings. The number of hydrogen-bond acceptors (Lipinski definition) is 4. The van der Waals surface area contributed by atoms with Crippen LogP contribution in [-0.4, -0.2) is 11.1 Å². The van der Waals surface area contributed by atoms with Crippen molar-refractivity contribution in [3.63, 3.8) is 0 Å². The van der Waals surface area contributed by atoms with Gasteiger partial charge in [0.25, 0.3) is 0 Å². The van der Waals surface area contributed by atoms with Gasteiger partial charge in [-0.05, 0) is 45.4 Å². The molecule has 1 N–H and O–H groups in total. The summed E-state index contributed by atoms with van der Waals surface area (Å²) in [5, 5.41) is 9.98. The second kappa shape index (κ2) is 15.9. The van der Waals surface area contributed by atoms with Crippen molar-refractivity contribution in [1.82, 2.24) is 0 Å². The van der Waals surface area contributed by atoms with Crippen LogP contribution in [-0.2, 0) is 11.2 Å². The highest BCUT2D eigenvalue weighted by atomic mass is 16.6. The summed E-state index contributed by atoms with van der Waals surface area (Å²) in [6.07, 6.45) is 22.7. The van der Waals surface area contributed by atoms with Crippen LogP contribution in [0.25, 0.3) is 0 Å². The van der Waals surface area contributed by atoms with Crippen LogP contribution in [0.15, 0.2) is 28.7 Å². The van der Waals surface area contributed by atoms with Gasteiger partial charge in [-0.2, -0.15) is 0 Å². The fourth-order valence-electron chi connectivity index (χ4n) is 3.18. The van der Waals surface area contributed by atoms with Crippen LogP contribution in [0.5, 0.6) is 11.5 Å². The summed E-state index contributed by atoms with van der Waals surface area (Å²) >= 11 is 0. The molecule has 0 atom stereocenters. The number of furan rings is 1. The Morgan fingerprint density at radius 3 is 2.17 bits per heavy atom. The largest absolute Gasteiger partial charge is 0.502 e. The Labute approximate surface area is 177 Å². The standard InChI is InChI=1S/C25H40O4/c1-4-6-7-8-9-10-11-12-13-14-15-16-17-18-19-20-23(26)29-25-21(3)28-22(5-2)24(25)27/h9-10,12-13,27H,4-8,11,14-20H2,1-3H3. The Balaban J connectivity index is 2.01. The second-order valence-electron chi connectivity index (χ2n) is 7.57. The van der Waals surface area contributed by atoms with Crippen molar-refractivity contribution in [3.8, 4) is 11.5 Å². The van der Waals surface area contributed by atoms with Crippen molar-refractivity contribution >= 4 is 5.97 Å². The van der Waals surface area contributed by atoms with Crippen molar-refractivity contribution in [2.45, 2.75) is 104 Å². The predicted octanol–water partition coefficient (Wildman–Crippen LogP) is 7.57. The van der Waals surface area contributed by atoms with Gasteiger partial charge < -0.3 is 14.3 Å². The smallest absolute Gasteiger partial charge is 0.311 e. The van der Waals surface area contributed by atoms with E-state index in [0.717, 1.165) is 32.1 Å². The lowest BCUT2D eigenvalue weighted by molar-refractivity contribution is -0.134. The van der Waals surface area contributed by atoms with Crippen LogP contribution in [0.4, 0.5) is 0 Å². The summed E-state index contributed by atoms with van der Waals surface area (Å²) in [5.74, 6) is 0.737. The zero-order chi connectivity index (χ0) is 21.3.